The molecule has 0 amide bonds. The highest BCUT2D eigenvalue weighted by molar-refractivity contribution is 5.37. The van der Waals surface area contributed by atoms with Gasteiger partial charge in [0.05, 0.1) is 0 Å². The monoisotopic (exact) mass is 193 g/mol. The summed E-state index contributed by atoms with van der Waals surface area (Å²) in [5, 5.41) is 3.63. The van der Waals surface area contributed by atoms with Crippen LogP contribution in [0.5, 0.6) is 0 Å². The van der Waals surface area contributed by atoms with Crippen molar-refractivity contribution in [1.29, 1.82) is 0 Å². The molecule has 2 rings (SSSR count). The molecule has 1 fully saturated rings. The van der Waals surface area contributed by atoms with Crippen molar-refractivity contribution in [3.05, 3.63) is 17.9 Å². The van der Waals surface area contributed by atoms with Crippen molar-refractivity contribution in [2.24, 2.45) is 18.0 Å². The van der Waals surface area contributed by atoms with Crippen LogP contribution in [0.4, 0.5) is 5.82 Å². The van der Waals surface area contributed by atoms with Crippen molar-refractivity contribution in [2.75, 3.05) is 18.0 Å². The highest BCUT2D eigenvalue weighted by Gasteiger charge is 2.13. The second-order valence-electron chi connectivity index (χ2n) is 3.52. The Morgan fingerprint density at radius 2 is 2.14 bits per heavy atom. The average Bonchev–Trinajstić information content (AvgIpc) is 2.71. The van der Waals surface area contributed by atoms with Gasteiger partial charge in [-0.05, 0) is 18.9 Å². The molecule has 1 saturated heterocycles. The van der Waals surface area contributed by atoms with Gasteiger partial charge in [0, 0.05) is 26.3 Å². The van der Waals surface area contributed by atoms with Gasteiger partial charge >= 0.3 is 0 Å². The smallest absolute Gasteiger partial charge is 0.247 e. The van der Waals surface area contributed by atoms with E-state index in [1.165, 1.54) is 12.8 Å². The van der Waals surface area contributed by atoms with E-state index in [4.69, 9.17) is 5.84 Å². The maximum Gasteiger partial charge on any atom is 0.247 e. The Morgan fingerprint density at radius 1 is 1.43 bits per heavy atom. The minimum atomic E-state index is 0.564. The second kappa shape index (κ2) is 3.69. The van der Waals surface area contributed by atoms with Crippen LogP contribution >= 0.6 is 0 Å². The lowest BCUT2D eigenvalue weighted by molar-refractivity contribution is 0.752. The van der Waals surface area contributed by atoms with E-state index in [2.05, 4.69) is 15.0 Å². The maximum absolute atomic E-state index is 5.24. The fourth-order valence-corrected chi connectivity index (χ4v) is 1.71. The Labute approximate surface area is 82.9 Å². The lowest BCUT2D eigenvalue weighted by Gasteiger charge is -2.16. The van der Waals surface area contributed by atoms with E-state index in [1.54, 1.807) is 4.57 Å². The van der Waals surface area contributed by atoms with Gasteiger partial charge in [0.2, 0.25) is 5.62 Å². The van der Waals surface area contributed by atoms with Gasteiger partial charge in [-0.3, -0.25) is 0 Å². The van der Waals surface area contributed by atoms with Crippen molar-refractivity contribution in [3.8, 4) is 0 Å². The Bertz CT molecular complexity index is 375. The summed E-state index contributed by atoms with van der Waals surface area (Å²) in [5.74, 6) is 6.22. The van der Waals surface area contributed by atoms with Crippen LogP contribution in [-0.2, 0) is 7.05 Å². The Balaban J connectivity index is 2.35. The van der Waals surface area contributed by atoms with E-state index in [-0.39, 0.29) is 0 Å². The fourth-order valence-electron chi connectivity index (χ4n) is 1.71. The summed E-state index contributed by atoms with van der Waals surface area (Å²) >= 11 is 0. The van der Waals surface area contributed by atoms with Crippen molar-refractivity contribution >= 4 is 5.82 Å². The van der Waals surface area contributed by atoms with E-state index in [1.807, 2.05) is 19.3 Å². The summed E-state index contributed by atoms with van der Waals surface area (Å²) in [5.41, 5.74) is 0.564. The summed E-state index contributed by atoms with van der Waals surface area (Å²) in [7, 11) is 1.88. The van der Waals surface area contributed by atoms with E-state index in [0.29, 0.717) is 5.62 Å². The molecule has 5 heteroatoms. The summed E-state index contributed by atoms with van der Waals surface area (Å²) in [6.45, 7) is 2.18. The lowest BCUT2D eigenvalue weighted by Crippen LogP contribution is -2.28. The molecular formula is C9H15N5. The van der Waals surface area contributed by atoms with Gasteiger partial charge in [0.25, 0.3) is 0 Å². The molecule has 0 spiro atoms. The van der Waals surface area contributed by atoms with Gasteiger partial charge in [-0.2, -0.15) is 4.98 Å². The standard InChI is InChI=1S/C9H15N5/c1-13-7-4-8(11-9(13)12-10)14-5-2-3-6-14/h4,7H,2-3,5-6,10H2,1H3/b12-9-. The molecule has 5 nitrogen and oxygen atoms in total. The summed E-state index contributed by atoms with van der Waals surface area (Å²) < 4.78 is 1.81. The minimum Gasteiger partial charge on any atom is -0.356 e. The predicted octanol–water partition coefficient (Wildman–Crippen LogP) is -0.205. The molecule has 0 radical (unpaired) electrons. The van der Waals surface area contributed by atoms with Crippen molar-refractivity contribution in [1.82, 2.24) is 9.55 Å². The third kappa shape index (κ3) is 1.57. The first-order valence-electron chi connectivity index (χ1n) is 4.84. The number of aryl methyl sites for hydroxylation is 1. The molecule has 1 aromatic rings. The quantitative estimate of drug-likeness (QED) is 0.496. The number of hydrogen-bond donors (Lipinski definition) is 1. The first-order chi connectivity index (χ1) is 6.81. The largest absolute Gasteiger partial charge is 0.356 e. The molecular weight excluding hydrogens is 178 g/mol. The molecule has 1 aliphatic heterocycles. The summed E-state index contributed by atoms with van der Waals surface area (Å²) in [6.07, 6.45) is 4.43. The molecule has 0 bridgehead atoms. The van der Waals surface area contributed by atoms with Crippen molar-refractivity contribution in [3.63, 3.8) is 0 Å². The van der Waals surface area contributed by atoms with Crippen LogP contribution < -0.4 is 16.4 Å². The van der Waals surface area contributed by atoms with Gasteiger partial charge in [-0.25, -0.2) is 0 Å². The zero-order valence-corrected chi connectivity index (χ0v) is 8.35. The van der Waals surface area contributed by atoms with Crippen LogP contribution in [0.2, 0.25) is 0 Å². The normalized spacial score (nSPS) is 17.8. The first-order valence-corrected chi connectivity index (χ1v) is 4.84. The highest BCUT2D eigenvalue weighted by Crippen LogP contribution is 2.14. The summed E-state index contributed by atoms with van der Waals surface area (Å²) in [4.78, 5) is 6.63. The number of hydrogen-bond acceptors (Lipinski definition) is 4. The molecule has 0 aromatic carbocycles. The molecule has 2 N–H and O–H groups in total. The highest BCUT2D eigenvalue weighted by atomic mass is 15.3. The molecule has 0 unspecified atom stereocenters. The lowest BCUT2D eigenvalue weighted by atomic mass is 10.4. The molecule has 76 valence electrons. The zero-order valence-electron chi connectivity index (χ0n) is 8.35. The van der Waals surface area contributed by atoms with Crippen LogP contribution in [0.15, 0.2) is 17.4 Å². The van der Waals surface area contributed by atoms with Crippen molar-refractivity contribution < 1.29 is 0 Å². The van der Waals surface area contributed by atoms with Crippen LogP contribution in [0.25, 0.3) is 0 Å². The molecule has 2 heterocycles. The molecule has 1 aliphatic rings. The van der Waals surface area contributed by atoms with E-state index in [9.17, 15) is 0 Å². The number of nitrogens with zero attached hydrogens (tertiary/aromatic N) is 4. The number of rotatable bonds is 1. The van der Waals surface area contributed by atoms with E-state index < -0.39 is 0 Å². The van der Waals surface area contributed by atoms with Gasteiger partial charge < -0.3 is 15.3 Å². The Hall–Kier alpha value is -1.52. The van der Waals surface area contributed by atoms with Gasteiger partial charge in [-0.15, -0.1) is 5.10 Å². The summed E-state index contributed by atoms with van der Waals surface area (Å²) in [6, 6.07) is 2.00. The van der Waals surface area contributed by atoms with Gasteiger partial charge in [-0.1, -0.05) is 0 Å². The average molecular weight is 193 g/mol. The van der Waals surface area contributed by atoms with Crippen LogP contribution in [0.3, 0.4) is 0 Å². The SMILES string of the molecule is Cn1ccc(N2CCCC2)n/c1=N/N. The van der Waals surface area contributed by atoms with Gasteiger partial charge in [0.1, 0.15) is 5.82 Å². The third-order valence-corrected chi connectivity index (χ3v) is 2.52. The fraction of sp³-hybridized carbons (Fsp3) is 0.556. The second-order valence-corrected chi connectivity index (χ2v) is 3.52. The van der Waals surface area contributed by atoms with Crippen LogP contribution in [0.1, 0.15) is 12.8 Å². The maximum atomic E-state index is 5.24. The van der Waals surface area contributed by atoms with Gasteiger partial charge in [0.15, 0.2) is 0 Å². The first kappa shape index (κ1) is 9.05. The molecule has 0 saturated carbocycles. The predicted molar refractivity (Wildman–Crippen MR) is 54.4 cm³/mol. The Morgan fingerprint density at radius 3 is 2.79 bits per heavy atom. The van der Waals surface area contributed by atoms with Crippen LogP contribution in [0, 0.1) is 0 Å². The zero-order chi connectivity index (χ0) is 9.97. The molecule has 0 aliphatic carbocycles. The molecule has 1 aromatic heterocycles. The molecule has 14 heavy (non-hydrogen) atoms. The minimum absolute atomic E-state index is 0.564. The number of anilines is 1. The number of nitrogens with two attached hydrogens (primary N) is 1. The van der Waals surface area contributed by atoms with E-state index >= 15 is 0 Å². The van der Waals surface area contributed by atoms with E-state index in [0.717, 1.165) is 18.9 Å². The topological polar surface area (TPSA) is 59.4 Å². The number of aromatic nitrogens is 2. The Kier molecular flexibility index (Phi) is 2.39. The third-order valence-electron chi connectivity index (χ3n) is 2.52. The molecule has 0 atom stereocenters. The van der Waals surface area contributed by atoms with Crippen molar-refractivity contribution in [2.45, 2.75) is 12.8 Å². The van der Waals surface area contributed by atoms with Crippen LogP contribution in [-0.4, -0.2) is 22.6 Å².